The number of aliphatic hydroxyl groups excluding tert-OH is 1. The van der Waals surface area contributed by atoms with E-state index < -0.39 is 24.5 Å². The molecular formula is C21H20F3NO2. The third-order valence-corrected chi connectivity index (χ3v) is 4.80. The van der Waals surface area contributed by atoms with Gasteiger partial charge in [-0.3, -0.25) is 4.99 Å². The Hall–Kier alpha value is -2.60. The van der Waals surface area contributed by atoms with Gasteiger partial charge in [-0.25, -0.2) is 4.39 Å². The third kappa shape index (κ3) is 3.76. The summed E-state index contributed by atoms with van der Waals surface area (Å²) in [5.74, 6) is -1.09. The standard InChI is InChI=1S/C21H20F3NO2/c1-11-8-9-16-19(20(11)22)12(2)15(10-17(26)13(3)25-16)14-6-4-5-7-18(14)27-21(23)24/h4-9,15,17,21,26H,2,10H2,1,3H3/t15-,17?/m0/s1. The monoisotopic (exact) mass is 375 g/mol. The second kappa shape index (κ2) is 7.56. The molecule has 0 bridgehead atoms. The van der Waals surface area contributed by atoms with Crippen molar-refractivity contribution in [2.75, 3.05) is 0 Å². The van der Waals surface area contributed by atoms with E-state index in [0.29, 0.717) is 28.1 Å². The van der Waals surface area contributed by atoms with Crippen molar-refractivity contribution in [1.29, 1.82) is 0 Å². The van der Waals surface area contributed by atoms with Crippen molar-refractivity contribution in [1.82, 2.24) is 0 Å². The van der Waals surface area contributed by atoms with Crippen molar-refractivity contribution >= 4 is 17.0 Å². The predicted molar refractivity (Wildman–Crippen MR) is 99.4 cm³/mol. The lowest BCUT2D eigenvalue weighted by molar-refractivity contribution is -0.0505. The molecule has 1 unspecified atom stereocenters. The van der Waals surface area contributed by atoms with Gasteiger partial charge in [0.2, 0.25) is 0 Å². The number of aliphatic imine (C=N–C) groups is 1. The van der Waals surface area contributed by atoms with Crippen LogP contribution in [0.2, 0.25) is 0 Å². The highest BCUT2D eigenvalue weighted by Crippen LogP contribution is 2.45. The maximum atomic E-state index is 14.9. The van der Waals surface area contributed by atoms with Crippen LogP contribution in [-0.4, -0.2) is 23.5 Å². The van der Waals surface area contributed by atoms with Crippen LogP contribution in [0.15, 0.2) is 48.0 Å². The summed E-state index contributed by atoms with van der Waals surface area (Å²) in [4.78, 5) is 4.35. The van der Waals surface area contributed by atoms with Gasteiger partial charge in [-0.2, -0.15) is 8.78 Å². The number of rotatable bonds is 3. The maximum Gasteiger partial charge on any atom is 0.387 e. The lowest BCUT2D eigenvalue weighted by Gasteiger charge is -2.28. The molecule has 142 valence electrons. The highest BCUT2D eigenvalue weighted by atomic mass is 19.3. The molecule has 0 aromatic heterocycles. The molecule has 27 heavy (non-hydrogen) atoms. The Morgan fingerprint density at radius 3 is 2.59 bits per heavy atom. The molecule has 1 N–H and O–H groups in total. The molecule has 0 fully saturated rings. The van der Waals surface area contributed by atoms with Crippen molar-refractivity contribution in [3.8, 4) is 5.75 Å². The van der Waals surface area contributed by atoms with Crippen LogP contribution in [0.25, 0.3) is 5.57 Å². The number of benzene rings is 2. The van der Waals surface area contributed by atoms with Gasteiger partial charge in [-0.05, 0) is 43.5 Å². The SMILES string of the molecule is C=C1c2c(ccc(C)c2F)N=C(C)C(O)C[C@@H]1c1ccccc1OC(F)F. The van der Waals surface area contributed by atoms with E-state index in [1.165, 1.54) is 6.07 Å². The molecule has 1 aliphatic heterocycles. The molecule has 0 radical (unpaired) electrons. The minimum absolute atomic E-state index is 0.0179. The highest BCUT2D eigenvalue weighted by Gasteiger charge is 2.30. The van der Waals surface area contributed by atoms with E-state index >= 15 is 0 Å². The van der Waals surface area contributed by atoms with Crippen molar-refractivity contribution in [2.45, 2.75) is 38.9 Å². The minimum Gasteiger partial charge on any atom is -0.435 e. The normalized spacial score (nSPS) is 20.0. The molecule has 1 aliphatic rings. The summed E-state index contributed by atoms with van der Waals surface area (Å²) in [5.41, 5.74) is 2.23. The number of alkyl halides is 2. The number of fused-ring (bicyclic) bond motifs is 1. The van der Waals surface area contributed by atoms with Crippen LogP contribution in [0.3, 0.4) is 0 Å². The number of nitrogens with zero attached hydrogens (tertiary/aromatic N) is 1. The van der Waals surface area contributed by atoms with E-state index in [-0.39, 0.29) is 17.7 Å². The largest absolute Gasteiger partial charge is 0.435 e. The summed E-state index contributed by atoms with van der Waals surface area (Å²) >= 11 is 0. The number of para-hydroxylation sites is 1. The van der Waals surface area contributed by atoms with E-state index in [4.69, 9.17) is 0 Å². The van der Waals surface area contributed by atoms with E-state index in [2.05, 4.69) is 16.3 Å². The van der Waals surface area contributed by atoms with Gasteiger partial charge in [0.25, 0.3) is 0 Å². The highest BCUT2D eigenvalue weighted by molar-refractivity contribution is 5.92. The van der Waals surface area contributed by atoms with E-state index in [9.17, 15) is 18.3 Å². The Morgan fingerprint density at radius 1 is 1.19 bits per heavy atom. The molecule has 2 atom stereocenters. The number of hydrogen-bond acceptors (Lipinski definition) is 3. The van der Waals surface area contributed by atoms with E-state index in [1.54, 1.807) is 44.2 Å². The fourth-order valence-electron chi connectivity index (χ4n) is 3.33. The molecule has 0 spiro atoms. The fourth-order valence-corrected chi connectivity index (χ4v) is 3.33. The van der Waals surface area contributed by atoms with Crippen LogP contribution >= 0.6 is 0 Å². The Balaban J connectivity index is 2.19. The average molecular weight is 375 g/mol. The second-order valence-electron chi connectivity index (χ2n) is 6.59. The first-order chi connectivity index (χ1) is 12.8. The zero-order valence-corrected chi connectivity index (χ0v) is 15.0. The number of allylic oxidation sites excluding steroid dienone is 1. The van der Waals surface area contributed by atoms with Crippen LogP contribution < -0.4 is 4.74 Å². The summed E-state index contributed by atoms with van der Waals surface area (Å²) in [6.45, 7) is 4.33. The minimum atomic E-state index is -2.99. The van der Waals surface area contributed by atoms with Crippen LogP contribution in [-0.2, 0) is 0 Å². The van der Waals surface area contributed by atoms with Crippen molar-refractivity contribution < 1.29 is 23.0 Å². The molecule has 3 rings (SSSR count). The van der Waals surface area contributed by atoms with Crippen LogP contribution in [0.1, 0.15) is 36.0 Å². The van der Waals surface area contributed by atoms with Crippen molar-refractivity contribution in [2.24, 2.45) is 4.99 Å². The summed E-state index contributed by atoms with van der Waals surface area (Å²) < 4.78 is 45.2. The van der Waals surface area contributed by atoms with Gasteiger partial charge in [-0.15, -0.1) is 0 Å². The number of halogens is 3. The quantitative estimate of drug-likeness (QED) is 0.782. The first-order valence-electron chi connectivity index (χ1n) is 8.54. The third-order valence-electron chi connectivity index (χ3n) is 4.80. The zero-order valence-electron chi connectivity index (χ0n) is 15.0. The first kappa shape index (κ1) is 19.2. The fraction of sp³-hybridized carbons (Fsp3) is 0.286. The zero-order chi connectivity index (χ0) is 19.7. The van der Waals surface area contributed by atoms with Gasteiger partial charge in [-0.1, -0.05) is 30.8 Å². The van der Waals surface area contributed by atoms with E-state index in [1.807, 2.05) is 0 Å². The lowest BCUT2D eigenvalue weighted by atomic mass is 9.80. The molecule has 0 aliphatic carbocycles. The van der Waals surface area contributed by atoms with Crippen molar-refractivity contribution in [3.63, 3.8) is 0 Å². The van der Waals surface area contributed by atoms with Gasteiger partial charge >= 0.3 is 6.61 Å². The second-order valence-corrected chi connectivity index (χ2v) is 6.59. The Kier molecular flexibility index (Phi) is 5.37. The molecule has 3 nitrogen and oxygen atoms in total. The molecular weight excluding hydrogens is 355 g/mol. The van der Waals surface area contributed by atoms with Crippen LogP contribution in [0.5, 0.6) is 5.75 Å². The number of aliphatic hydroxyl groups is 1. The Labute approximate surface area is 155 Å². The molecule has 0 amide bonds. The van der Waals surface area contributed by atoms with Gasteiger partial charge in [0.05, 0.1) is 11.8 Å². The van der Waals surface area contributed by atoms with Crippen molar-refractivity contribution in [3.05, 3.63) is 65.5 Å². The molecule has 0 saturated carbocycles. The first-order valence-corrected chi connectivity index (χ1v) is 8.54. The molecule has 2 aromatic rings. The molecule has 0 saturated heterocycles. The number of aryl methyl sites for hydroxylation is 1. The summed E-state index contributed by atoms with van der Waals surface area (Å²) in [7, 11) is 0. The maximum absolute atomic E-state index is 14.9. The predicted octanol–water partition coefficient (Wildman–Crippen LogP) is 5.39. The molecule has 1 heterocycles. The van der Waals surface area contributed by atoms with Crippen LogP contribution in [0, 0.1) is 12.7 Å². The summed E-state index contributed by atoms with van der Waals surface area (Å²) in [6.07, 6.45) is -0.797. The smallest absolute Gasteiger partial charge is 0.387 e. The van der Waals surface area contributed by atoms with Gasteiger partial charge in [0.1, 0.15) is 11.6 Å². The number of ether oxygens (including phenoxy) is 1. The number of hydrogen-bond donors (Lipinski definition) is 1. The summed E-state index contributed by atoms with van der Waals surface area (Å²) in [5, 5.41) is 10.5. The van der Waals surface area contributed by atoms with Gasteiger partial charge in [0, 0.05) is 22.8 Å². The van der Waals surface area contributed by atoms with Gasteiger partial charge < -0.3 is 9.84 Å². The van der Waals surface area contributed by atoms with Gasteiger partial charge in [0.15, 0.2) is 0 Å². The molecule has 6 heteroatoms. The Morgan fingerprint density at radius 2 is 1.89 bits per heavy atom. The Bertz CT molecular complexity index is 908. The topological polar surface area (TPSA) is 41.8 Å². The van der Waals surface area contributed by atoms with E-state index in [0.717, 1.165) is 0 Å². The lowest BCUT2D eigenvalue weighted by Crippen LogP contribution is -2.23. The van der Waals surface area contributed by atoms with Crippen LogP contribution in [0.4, 0.5) is 18.9 Å². The summed E-state index contributed by atoms with van der Waals surface area (Å²) in [6, 6.07) is 9.58. The molecule has 2 aromatic carbocycles. The average Bonchev–Trinajstić information content (AvgIpc) is 2.61.